The van der Waals surface area contributed by atoms with Crippen molar-refractivity contribution in [2.45, 2.75) is 33.2 Å². The van der Waals surface area contributed by atoms with E-state index in [2.05, 4.69) is 29.5 Å². The number of esters is 1. The minimum Gasteiger partial charge on any atom is -0.480 e. The summed E-state index contributed by atoms with van der Waals surface area (Å²) in [5.41, 5.74) is 16.0. The first-order valence-corrected chi connectivity index (χ1v) is 8.21. The molecule has 28 heavy (non-hydrogen) atoms. The Morgan fingerprint density at radius 3 is 1.79 bits per heavy atom. The fourth-order valence-corrected chi connectivity index (χ4v) is 1.28. The molecule has 0 amide bonds. The lowest BCUT2D eigenvalue weighted by Gasteiger charge is -2.07. The molecule has 0 aliphatic heterocycles. The molecule has 2 atom stereocenters. The maximum atomic E-state index is 10.8. The van der Waals surface area contributed by atoms with E-state index in [-0.39, 0.29) is 39.6 Å². The minimum atomic E-state index is -1.02. The van der Waals surface area contributed by atoms with E-state index in [1.807, 2.05) is 0 Å². The van der Waals surface area contributed by atoms with Crippen molar-refractivity contribution in [2.75, 3.05) is 46.2 Å². The van der Waals surface area contributed by atoms with Crippen LogP contribution in [0.3, 0.4) is 0 Å². The predicted octanol–water partition coefficient (Wildman–Crippen LogP) is 2.00. The van der Waals surface area contributed by atoms with Crippen LogP contribution < -0.4 is 0 Å². The first-order chi connectivity index (χ1) is 13.4. The van der Waals surface area contributed by atoms with Crippen LogP contribution in [0.5, 0.6) is 0 Å². The molecule has 0 bridgehead atoms. The highest BCUT2D eigenvalue weighted by Crippen LogP contribution is 1.93. The number of hydrogen-bond donors (Lipinski definition) is 1. The molecule has 0 fully saturated rings. The van der Waals surface area contributed by atoms with Crippen molar-refractivity contribution < 1.29 is 38.4 Å². The van der Waals surface area contributed by atoms with Crippen molar-refractivity contribution in [3.05, 3.63) is 20.9 Å². The van der Waals surface area contributed by atoms with E-state index < -0.39 is 24.4 Å². The second kappa shape index (κ2) is 20.7. The molecule has 2 unspecified atom stereocenters. The van der Waals surface area contributed by atoms with Crippen LogP contribution in [-0.4, -0.2) is 75.7 Å². The van der Waals surface area contributed by atoms with E-state index in [0.29, 0.717) is 6.61 Å². The molecule has 0 aliphatic carbocycles. The number of ether oxygens (including phenoxy) is 5. The summed E-state index contributed by atoms with van der Waals surface area (Å²) in [7, 11) is 0. The van der Waals surface area contributed by atoms with Gasteiger partial charge in [0.25, 0.3) is 0 Å². The van der Waals surface area contributed by atoms with Crippen LogP contribution in [0.15, 0.2) is 10.2 Å². The van der Waals surface area contributed by atoms with Gasteiger partial charge in [0, 0.05) is 9.82 Å². The number of azide groups is 2. The average Bonchev–Trinajstić information content (AvgIpc) is 2.62. The number of carbonyl (C=O) groups excluding carboxylic acids is 1. The molecule has 0 heterocycles. The van der Waals surface area contributed by atoms with Gasteiger partial charge < -0.3 is 28.8 Å². The topological polar surface area (TPSA) is 198 Å². The fourth-order valence-electron chi connectivity index (χ4n) is 1.28. The summed E-state index contributed by atoms with van der Waals surface area (Å²) in [5, 5.41) is 14.7. The number of carboxylic acid groups (broad SMARTS) is 1. The van der Waals surface area contributed by atoms with Crippen molar-refractivity contribution >= 4 is 11.9 Å². The zero-order valence-corrected chi connectivity index (χ0v) is 16.1. The van der Waals surface area contributed by atoms with Gasteiger partial charge in [-0.05, 0) is 31.8 Å². The zero-order valence-electron chi connectivity index (χ0n) is 16.1. The molecular weight excluding hydrogens is 380 g/mol. The Morgan fingerprint density at radius 2 is 1.39 bits per heavy atom. The number of nitrogens with zero attached hydrogens (tertiary/aromatic N) is 6. The molecule has 0 radical (unpaired) electrons. The lowest BCUT2D eigenvalue weighted by molar-refractivity contribution is -0.149. The SMILES string of the molecule is CC(N=[N+]=[N-])OCCOCC(=O)O.CCOC(=O)COCCOC(C)N=[N+]=[N-]. The van der Waals surface area contributed by atoms with Crippen LogP contribution in [0.1, 0.15) is 20.8 Å². The molecule has 0 aromatic carbocycles. The average molecular weight is 406 g/mol. The zero-order chi connectivity index (χ0) is 21.6. The number of hydrogen-bond acceptors (Lipinski definition) is 9. The standard InChI is InChI=1S/C8H15N3O4.C6H11N3O4/c1-3-14-8(12)6-13-4-5-15-7(2)10-11-9;1-5(8-9-7)13-3-2-12-4-6(10)11/h7H,3-6H2,1-2H3;5H,2-4H2,1H3,(H,10,11). The first-order valence-electron chi connectivity index (χ1n) is 8.21. The van der Waals surface area contributed by atoms with E-state index >= 15 is 0 Å². The summed E-state index contributed by atoms with van der Waals surface area (Å²) < 4.78 is 24.2. The van der Waals surface area contributed by atoms with Gasteiger partial charge in [-0.2, -0.15) is 0 Å². The number of carbonyl (C=O) groups is 2. The van der Waals surface area contributed by atoms with Crippen molar-refractivity contribution in [3.8, 4) is 0 Å². The molecule has 14 heteroatoms. The van der Waals surface area contributed by atoms with Crippen LogP contribution >= 0.6 is 0 Å². The lowest BCUT2D eigenvalue weighted by Crippen LogP contribution is -2.16. The van der Waals surface area contributed by atoms with Gasteiger partial charge in [0.2, 0.25) is 0 Å². The number of aliphatic carboxylic acids is 1. The summed E-state index contributed by atoms with van der Waals surface area (Å²) >= 11 is 0. The third-order valence-corrected chi connectivity index (χ3v) is 2.35. The quantitative estimate of drug-likeness (QED) is 0.140. The Morgan fingerprint density at radius 1 is 0.929 bits per heavy atom. The second-order valence-electron chi connectivity index (χ2n) is 4.65. The molecule has 0 rings (SSSR count). The van der Waals surface area contributed by atoms with Gasteiger partial charge in [-0.15, -0.1) is 0 Å². The van der Waals surface area contributed by atoms with Gasteiger partial charge in [0.1, 0.15) is 25.7 Å². The van der Waals surface area contributed by atoms with Crippen LogP contribution in [-0.2, 0) is 33.3 Å². The summed E-state index contributed by atoms with van der Waals surface area (Å²) in [4.78, 5) is 25.9. The normalized spacial score (nSPS) is 11.7. The second-order valence-corrected chi connectivity index (χ2v) is 4.65. The predicted molar refractivity (Wildman–Crippen MR) is 95.0 cm³/mol. The highest BCUT2D eigenvalue weighted by atomic mass is 16.6. The van der Waals surface area contributed by atoms with Gasteiger partial charge >= 0.3 is 11.9 Å². The summed E-state index contributed by atoms with van der Waals surface area (Å²) in [6.07, 6.45) is -1.08. The van der Waals surface area contributed by atoms with E-state index in [1.54, 1.807) is 20.8 Å². The smallest absolute Gasteiger partial charge is 0.332 e. The molecule has 14 nitrogen and oxygen atoms in total. The van der Waals surface area contributed by atoms with Crippen LogP contribution in [0, 0.1) is 0 Å². The molecular formula is C14H26N6O8. The summed E-state index contributed by atoms with van der Waals surface area (Å²) in [6, 6.07) is 0. The van der Waals surface area contributed by atoms with Gasteiger partial charge in [-0.25, -0.2) is 9.59 Å². The van der Waals surface area contributed by atoms with Gasteiger partial charge in [0.05, 0.1) is 33.0 Å². The Labute approximate surface area is 161 Å². The maximum Gasteiger partial charge on any atom is 0.332 e. The van der Waals surface area contributed by atoms with Gasteiger partial charge in [0.15, 0.2) is 0 Å². The Bertz CT molecular complexity index is 522. The summed E-state index contributed by atoms with van der Waals surface area (Å²) in [5.74, 6) is -1.43. The highest BCUT2D eigenvalue weighted by Gasteiger charge is 2.02. The first kappa shape index (κ1) is 27.6. The molecule has 0 saturated heterocycles. The Kier molecular flexibility index (Phi) is 20.4. The number of carboxylic acids is 1. The summed E-state index contributed by atoms with van der Waals surface area (Å²) in [6.45, 7) is 5.71. The fraction of sp³-hybridized carbons (Fsp3) is 0.857. The monoisotopic (exact) mass is 406 g/mol. The van der Waals surface area contributed by atoms with Crippen LogP contribution in [0.2, 0.25) is 0 Å². The largest absolute Gasteiger partial charge is 0.480 e. The van der Waals surface area contributed by atoms with Crippen LogP contribution in [0.25, 0.3) is 20.9 Å². The van der Waals surface area contributed by atoms with Crippen molar-refractivity contribution in [1.29, 1.82) is 0 Å². The third kappa shape index (κ3) is 23.4. The molecule has 0 saturated carbocycles. The molecule has 0 aliphatic rings. The Hall–Kier alpha value is -2.60. The van der Waals surface area contributed by atoms with Gasteiger partial charge in [-0.3, -0.25) is 0 Å². The van der Waals surface area contributed by atoms with Crippen molar-refractivity contribution in [2.24, 2.45) is 10.2 Å². The van der Waals surface area contributed by atoms with E-state index in [4.69, 9.17) is 30.4 Å². The molecule has 1 N–H and O–H groups in total. The Balaban J connectivity index is 0. The van der Waals surface area contributed by atoms with Crippen molar-refractivity contribution in [1.82, 2.24) is 0 Å². The number of rotatable bonds is 15. The van der Waals surface area contributed by atoms with Crippen LogP contribution in [0.4, 0.5) is 0 Å². The highest BCUT2D eigenvalue weighted by molar-refractivity contribution is 5.70. The van der Waals surface area contributed by atoms with Crippen molar-refractivity contribution in [3.63, 3.8) is 0 Å². The lowest BCUT2D eigenvalue weighted by atomic mass is 10.6. The maximum absolute atomic E-state index is 10.8. The van der Waals surface area contributed by atoms with E-state index in [0.717, 1.165) is 0 Å². The van der Waals surface area contributed by atoms with Gasteiger partial charge in [-0.1, -0.05) is 10.2 Å². The molecule has 160 valence electrons. The third-order valence-electron chi connectivity index (χ3n) is 2.35. The molecule has 0 aromatic rings. The minimum absolute atomic E-state index is 0.0902. The van der Waals surface area contributed by atoms with E-state index in [1.165, 1.54) is 0 Å². The van der Waals surface area contributed by atoms with E-state index in [9.17, 15) is 9.59 Å². The molecule has 0 spiro atoms. The molecule has 0 aromatic heterocycles.